The number of hydrogen-bond acceptors (Lipinski definition) is 2. The fourth-order valence-corrected chi connectivity index (χ4v) is 0.528. The second kappa shape index (κ2) is 2.99. The van der Waals surface area contributed by atoms with Crippen molar-refractivity contribution in [3.8, 4) is 0 Å². The molecule has 0 aliphatic heterocycles. The van der Waals surface area contributed by atoms with Gasteiger partial charge in [0, 0.05) is 6.54 Å². The van der Waals surface area contributed by atoms with Gasteiger partial charge in [-0.15, -0.1) is 0 Å². The predicted molar refractivity (Wildman–Crippen MR) is 30.2 cm³/mol. The zero-order chi connectivity index (χ0) is 5.86. The summed E-state index contributed by atoms with van der Waals surface area (Å²) in [6.07, 6.45) is -0.199. The van der Waals surface area contributed by atoms with Gasteiger partial charge in [0.2, 0.25) is 0 Å². The molecule has 0 spiro atoms. The van der Waals surface area contributed by atoms with Crippen LogP contribution in [-0.4, -0.2) is 36.8 Å². The maximum Gasteiger partial charge on any atom is 0.0638 e. The first kappa shape index (κ1) is 6.92. The lowest BCUT2D eigenvalue weighted by molar-refractivity contribution is 0.154. The molecule has 0 radical (unpaired) electrons. The molecule has 0 aliphatic carbocycles. The van der Waals surface area contributed by atoms with E-state index in [1.54, 1.807) is 6.92 Å². The van der Waals surface area contributed by atoms with Crippen LogP contribution in [0.15, 0.2) is 0 Å². The fourth-order valence-electron chi connectivity index (χ4n) is 0.528. The van der Waals surface area contributed by atoms with E-state index in [-0.39, 0.29) is 6.10 Å². The van der Waals surface area contributed by atoms with Crippen molar-refractivity contribution in [3.63, 3.8) is 0 Å². The largest absolute Gasteiger partial charge is 0.392 e. The molecule has 44 valence electrons. The third-order valence-electron chi connectivity index (χ3n) is 0.629. The summed E-state index contributed by atoms with van der Waals surface area (Å²) in [5, 5.41) is 8.68. The second-order valence-electron chi connectivity index (χ2n) is 2.11. The lowest BCUT2D eigenvalue weighted by Gasteiger charge is -2.10. The number of likely N-dealkylation sites (N-methyl/N-ethyl adjacent to an activating group) is 1. The number of hydrogen-bond donors (Lipinski definition) is 1. The third kappa shape index (κ3) is 5.92. The van der Waals surface area contributed by atoms with Gasteiger partial charge in [0.05, 0.1) is 6.10 Å². The molecule has 0 aliphatic rings. The van der Waals surface area contributed by atoms with Crippen LogP contribution in [0, 0.1) is 0 Å². The van der Waals surface area contributed by atoms with Gasteiger partial charge in [0.25, 0.3) is 0 Å². The van der Waals surface area contributed by atoms with E-state index < -0.39 is 0 Å². The quantitative estimate of drug-likeness (QED) is 0.529. The molecule has 0 aromatic rings. The van der Waals surface area contributed by atoms with Crippen LogP contribution in [0.1, 0.15) is 6.92 Å². The Labute approximate surface area is 44.8 Å². The van der Waals surface area contributed by atoms with Crippen LogP contribution in [0.5, 0.6) is 0 Å². The van der Waals surface area contributed by atoms with Crippen LogP contribution in [0.4, 0.5) is 0 Å². The van der Waals surface area contributed by atoms with Crippen molar-refractivity contribution in [2.75, 3.05) is 20.6 Å². The summed E-state index contributed by atoms with van der Waals surface area (Å²) in [6.45, 7) is 2.53. The monoisotopic (exact) mass is 103 g/mol. The van der Waals surface area contributed by atoms with Gasteiger partial charge in [-0.25, -0.2) is 0 Å². The van der Waals surface area contributed by atoms with Crippen LogP contribution in [0.2, 0.25) is 0 Å². The Morgan fingerprint density at radius 1 is 1.57 bits per heavy atom. The van der Waals surface area contributed by atoms with E-state index in [1.807, 2.05) is 19.0 Å². The summed E-state index contributed by atoms with van der Waals surface area (Å²) in [5.74, 6) is 0. The maximum absolute atomic E-state index is 8.68. The molecule has 0 bridgehead atoms. The minimum Gasteiger partial charge on any atom is -0.392 e. The van der Waals surface area contributed by atoms with Gasteiger partial charge in [0.15, 0.2) is 0 Å². The van der Waals surface area contributed by atoms with E-state index >= 15 is 0 Å². The van der Waals surface area contributed by atoms with Crippen molar-refractivity contribution in [2.45, 2.75) is 13.0 Å². The van der Waals surface area contributed by atoms with Crippen molar-refractivity contribution in [1.29, 1.82) is 0 Å². The van der Waals surface area contributed by atoms with E-state index in [0.29, 0.717) is 0 Å². The molecule has 2 nitrogen and oxygen atoms in total. The Hall–Kier alpha value is -0.0800. The van der Waals surface area contributed by atoms with Crippen molar-refractivity contribution >= 4 is 0 Å². The molecule has 7 heavy (non-hydrogen) atoms. The fraction of sp³-hybridized carbons (Fsp3) is 1.00. The minimum absolute atomic E-state index is 0.199. The molecular weight excluding hydrogens is 90.1 g/mol. The zero-order valence-corrected chi connectivity index (χ0v) is 5.18. The smallest absolute Gasteiger partial charge is 0.0638 e. The molecule has 0 unspecified atom stereocenters. The molecule has 0 saturated heterocycles. The first-order chi connectivity index (χ1) is 3.13. The molecule has 0 aromatic heterocycles. The van der Waals surface area contributed by atoms with Crippen LogP contribution < -0.4 is 0 Å². The highest BCUT2D eigenvalue weighted by Crippen LogP contribution is 1.80. The molecule has 1 N–H and O–H groups in total. The summed E-state index contributed by atoms with van der Waals surface area (Å²) in [4.78, 5) is 1.95. The molecule has 1 atom stereocenters. The Kier molecular flexibility index (Phi) is 2.96. The van der Waals surface area contributed by atoms with Gasteiger partial charge in [0.1, 0.15) is 0 Å². The first-order valence-corrected chi connectivity index (χ1v) is 2.45. The van der Waals surface area contributed by atoms with Crippen molar-refractivity contribution in [2.24, 2.45) is 0 Å². The first-order valence-electron chi connectivity index (χ1n) is 2.45. The average Bonchev–Trinajstić information content (AvgIpc) is 1.27. The molecule has 0 aromatic carbocycles. The highest BCUT2D eigenvalue weighted by molar-refractivity contribution is 4.48. The summed E-state index contributed by atoms with van der Waals surface area (Å²) >= 11 is 0. The summed E-state index contributed by atoms with van der Waals surface area (Å²) < 4.78 is 0. The maximum atomic E-state index is 8.68. The summed E-state index contributed by atoms with van der Waals surface area (Å²) in [7, 11) is 3.87. The van der Waals surface area contributed by atoms with Crippen LogP contribution in [0.25, 0.3) is 0 Å². The molecule has 0 saturated carbocycles. The van der Waals surface area contributed by atoms with Crippen LogP contribution >= 0.6 is 0 Å². The van der Waals surface area contributed by atoms with E-state index in [9.17, 15) is 0 Å². The van der Waals surface area contributed by atoms with E-state index in [4.69, 9.17) is 5.11 Å². The summed E-state index contributed by atoms with van der Waals surface area (Å²) in [5.41, 5.74) is 0. The number of aliphatic hydroxyl groups is 1. The Morgan fingerprint density at radius 2 is 2.00 bits per heavy atom. The Bertz CT molecular complexity index is 37.3. The molecule has 0 heterocycles. The van der Waals surface area contributed by atoms with Crippen molar-refractivity contribution < 1.29 is 5.11 Å². The van der Waals surface area contributed by atoms with Gasteiger partial charge in [-0.3, -0.25) is 0 Å². The number of rotatable bonds is 2. The van der Waals surface area contributed by atoms with Crippen molar-refractivity contribution in [1.82, 2.24) is 4.90 Å². The van der Waals surface area contributed by atoms with Gasteiger partial charge in [-0.05, 0) is 21.0 Å². The highest BCUT2D eigenvalue weighted by atomic mass is 16.3. The zero-order valence-electron chi connectivity index (χ0n) is 5.18. The molecule has 2 heteroatoms. The number of aliphatic hydroxyl groups excluding tert-OH is 1. The molecule has 0 rings (SSSR count). The van der Waals surface area contributed by atoms with E-state index in [1.165, 1.54) is 0 Å². The predicted octanol–water partition coefficient (Wildman–Crippen LogP) is -0.0712. The lowest BCUT2D eigenvalue weighted by atomic mass is 10.4. The molecular formula is C5H13NO. The topological polar surface area (TPSA) is 23.5 Å². The van der Waals surface area contributed by atoms with Crippen LogP contribution in [-0.2, 0) is 0 Å². The van der Waals surface area contributed by atoms with Gasteiger partial charge in [-0.1, -0.05) is 0 Å². The second-order valence-corrected chi connectivity index (χ2v) is 2.11. The molecule has 0 fully saturated rings. The summed E-state index contributed by atoms with van der Waals surface area (Å²) in [6, 6.07) is 0. The average molecular weight is 103 g/mol. The van der Waals surface area contributed by atoms with Gasteiger partial charge < -0.3 is 10.0 Å². The van der Waals surface area contributed by atoms with Crippen LogP contribution in [0.3, 0.4) is 0 Å². The number of nitrogens with zero attached hydrogens (tertiary/aromatic N) is 1. The Balaban J connectivity index is 2.95. The molecule has 0 amide bonds. The minimum atomic E-state index is -0.199. The van der Waals surface area contributed by atoms with Gasteiger partial charge >= 0.3 is 0 Å². The van der Waals surface area contributed by atoms with Crippen molar-refractivity contribution in [3.05, 3.63) is 0 Å². The lowest BCUT2D eigenvalue weighted by Crippen LogP contribution is -2.22. The Morgan fingerprint density at radius 3 is 2.00 bits per heavy atom. The van der Waals surface area contributed by atoms with E-state index in [2.05, 4.69) is 0 Å². The normalized spacial score (nSPS) is 15.0. The SMILES string of the molecule is C[C@@H](O)CN(C)C. The highest BCUT2D eigenvalue weighted by Gasteiger charge is 1.93. The standard InChI is InChI=1S/C5H13NO/c1-5(7)4-6(2)3/h5,7H,4H2,1-3H3/t5-/m1/s1. The third-order valence-corrected chi connectivity index (χ3v) is 0.629. The van der Waals surface area contributed by atoms with Gasteiger partial charge in [-0.2, -0.15) is 0 Å². The van der Waals surface area contributed by atoms with E-state index in [0.717, 1.165) is 6.54 Å².